The molecule has 2 aliphatic heterocycles. The first-order valence-corrected chi connectivity index (χ1v) is 10.5. The third kappa shape index (κ3) is 4.26. The maximum absolute atomic E-state index is 12.9. The Kier molecular flexibility index (Phi) is 6.03. The summed E-state index contributed by atoms with van der Waals surface area (Å²) in [6.45, 7) is 0.825. The van der Waals surface area contributed by atoms with E-state index in [9.17, 15) is 14.4 Å². The van der Waals surface area contributed by atoms with Gasteiger partial charge in [0, 0.05) is 43.6 Å². The van der Waals surface area contributed by atoms with Crippen molar-refractivity contribution >= 4 is 17.6 Å². The molecule has 1 saturated heterocycles. The van der Waals surface area contributed by atoms with E-state index in [2.05, 4.69) is 5.32 Å². The largest absolute Gasteiger partial charge is 0.496 e. The second kappa shape index (κ2) is 8.90. The Morgan fingerprint density at radius 2 is 1.81 bits per heavy atom. The monoisotopic (exact) mass is 438 g/mol. The number of benzene rings is 2. The zero-order chi connectivity index (χ0) is 22.7. The van der Waals surface area contributed by atoms with Gasteiger partial charge in [0.25, 0.3) is 5.91 Å². The Bertz CT molecular complexity index is 1030. The van der Waals surface area contributed by atoms with Gasteiger partial charge in [-0.3, -0.25) is 14.4 Å². The predicted molar refractivity (Wildman–Crippen MR) is 116 cm³/mol. The number of fused-ring (bicyclic) bond motifs is 1. The number of nitrogens with zero attached hydrogens (tertiary/aromatic N) is 1. The molecule has 0 aromatic heterocycles. The lowest BCUT2D eigenvalue weighted by molar-refractivity contribution is -0.133. The molecule has 2 aromatic rings. The molecule has 8 nitrogen and oxygen atoms in total. The Morgan fingerprint density at radius 1 is 1.09 bits per heavy atom. The second-order valence-corrected chi connectivity index (χ2v) is 8.02. The maximum Gasteiger partial charge on any atom is 0.251 e. The summed E-state index contributed by atoms with van der Waals surface area (Å²) < 4.78 is 17.0. The molecule has 0 unspecified atom stereocenters. The van der Waals surface area contributed by atoms with Crippen molar-refractivity contribution in [1.82, 2.24) is 10.2 Å². The van der Waals surface area contributed by atoms with E-state index < -0.39 is 5.60 Å². The van der Waals surface area contributed by atoms with Crippen LogP contribution in [0.15, 0.2) is 42.5 Å². The topological polar surface area (TPSA) is 94.2 Å². The maximum atomic E-state index is 12.9. The van der Waals surface area contributed by atoms with E-state index >= 15 is 0 Å². The summed E-state index contributed by atoms with van der Waals surface area (Å²) in [5.74, 6) is 0.948. The molecule has 168 valence electrons. The van der Waals surface area contributed by atoms with Crippen LogP contribution in [0.5, 0.6) is 17.2 Å². The fourth-order valence-electron chi connectivity index (χ4n) is 4.25. The number of piperidine rings is 1. The smallest absolute Gasteiger partial charge is 0.251 e. The summed E-state index contributed by atoms with van der Waals surface area (Å²) in [6, 6.07) is 12.1. The molecule has 4 rings (SSSR count). The van der Waals surface area contributed by atoms with Crippen molar-refractivity contribution in [3.8, 4) is 17.2 Å². The lowest BCUT2D eigenvalue weighted by atomic mass is 9.82. The highest BCUT2D eigenvalue weighted by Crippen LogP contribution is 2.44. The Morgan fingerprint density at radius 3 is 2.47 bits per heavy atom. The molecule has 32 heavy (non-hydrogen) atoms. The third-order valence-corrected chi connectivity index (χ3v) is 6.05. The lowest BCUT2D eigenvalue weighted by Crippen LogP contribution is -2.53. The number of hydrogen-bond donors (Lipinski definition) is 1. The van der Waals surface area contributed by atoms with Gasteiger partial charge in [-0.1, -0.05) is 18.2 Å². The highest BCUT2D eigenvalue weighted by Gasteiger charge is 2.44. The number of methoxy groups -OCH3 is 2. The number of nitrogens with one attached hydrogen (secondary N) is 1. The van der Waals surface area contributed by atoms with E-state index in [0.717, 1.165) is 0 Å². The lowest BCUT2D eigenvalue weighted by Gasteiger charge is -2.44. The number of rotatable bonds is 5. The molecule has 2 aromatic carbocycles. The van der Waals surface area contributed by atoms with Crippen molar-refractivity contribution in [2.45, 2.75) is 24.9 Å². The first-order chi connectivity index (χ1) is 15.4. The van der Waals surface area contributed by atoms with E-state index in [1.807, 2.05) is 6.07 Å². The van der Waals surface area contributed by atoms with Crippen LogP contribution in [0.25, 0.3) is 0 Å². The number of amides is 2. The zero-order valence-corrected chi connectivity index (χ0v) is 18.2. The van der Waals surface area contributed by atoms with E-state index in [1.165, 1.54) is 7.11 Å². The van der Waals surface area contributed by atoms with E-state index in [-0.39, 0.29) is 30.6 Å². The summed E-state index contributed by atoms with van der Waals surface area (Å²) >= 11 is 0. The average molecular weight is 438 g/mol. The summed E-state index contributed by atoms with van der Waals surface area (Å²) in [7, 11) is 3.05. The number of ether oxygens (including phenoxy) is 3. The first-order valence-electron chi connectivity index (χ1n) is 10.5. The molecule has 2 aliphatic rings. The van der Waals surface area contributed by atoms with Gasteiger partial charge in [0.05, 0.1) is 27.2 Å². The van der Waals surface area contributed by atoms with Gasteiger partial charge >= 0.3 is 0 Å². The highest BCUT2D eigenvalue weighted by molar-refractivity contribution is 6.03. The van der Waals surface area contributed by atoms with Crippen LogP contribution >= 0.6 is 0 Å². The molecule has 0 atom stereocenters. The minimum absolute atomic E-state index is 0.0411. The van der Waals surface area contributed by atoms with E-state index in [1.54, 1.807) is 48.4 Å². The van der Waals surface area contributed by atoms with Gasteiger partial charge in [0.2, 0.25) is 5.91 Å². The van der Waals surface area contributed by atoms with Crippen molar-refractivity contribution < 1.29 is 28.6 Å². The van der Waals surface area contributed by atoms with Crippen LogP contribution in [0, 0.1) is 0 Å². The molecular weight excluding hydrogens is 412 g/mol. The van der Waals surface area contributed by atoms with Crippen LogP contribution in [-0.2, 0) is 4.79 Å². The molecule has 0 radical (unpaired) electrons. The fourth-order valence-corrected chi connectivity index (χ4v) is 4.25. The molecule has 0 bridgehead atoms. The van der Waals surface area contributed by atoms with Crippen LogP contribution in [0.1, 0.15) is 40.0 Å². The number of hydrogen-bond acceptors (Lipinski definition) is 6. The number of likely N-dealkylation sites (tertiary alicyclic amines) is 1. The van der Waals surface area contributed by atoms with Gasteiger partial charge in [-0.2, -0.15) is 0 Å². The molecule has 1 spiro atoms. The van der Waals surface area contributed by atoms with Crippen LogP contribution in [0.3, 0.4) is 0 Å². The molecule has 2 heterocycles. The molecule has 2 amide bonds. The van der Waals surface area contributed by atoms with E-state index in [4.69, 9.17) is 14.2 Å². The average Bonchev–Trinajstić information content (AvgIpc) is 2.82. The number of carbonyl (C=O) groups excluding carboxylic acids is 3. The van der Waals surface area contributed by atoms with Crippen LogP contribution in [0.4, 0.5) is 0 Å². The normalized spacial score (nSPS) is 16.7. The molecular formula is C24H26N2O6. The van der Waals surface area contributed by atoms with Crippen molar-refractivity contribution in [2.24, 2.45) is 0 Å². The molecule has 0 saturated carbocycles. The van der Waals surface area contributed by atoms with Crippen LogP contribution in [-0.4, -0.2) is 62.0 Å². The van der Waals surface area contributed by atoms with Gasteiger partial charge in [0.15, 0.2) is 5.78 Å². The van der Waals surface area contributed by atoms with Crippen molar-refractivity contribution in [3.05, 3.63) is 53.6 Å². The van der Waals surface area contributed by atoms with E-state index in [0.29, 0.717) is 54.3 Å². The van der Waals surface area contributed by atoms with Gasteiger partial charge in [-0.15, -0.1) is 0 Å². The molecule has 0 aliphatic carbocycles. The summed E-state index contributed by atoms with van der Waals surface area (Å²) in [5, 5.41) is 2.67. The summed E-state index contributed by atoms with van der Waals surface area (Å²) in [5.41, 5.74) is 0.281. The van der Waals surface area contributed by atoms with Crippen molar-refractivity contribution in [2.75, 3.05) is 33.9 Å². The summed E-state index contributed by atoms with van der Waals surface area (Å²) in [4.78, 5) is 39.4. The van der Waals surface area contributed by atoms with Crippen molar-refractivity contribution in [3.63, 3.8) is 0 Å². The second-order valence-electron chi connectivity index (χ2n) is 8.02. The Hall–Kier alpha value is -3.55. The first kappa shape index (κ1) is 21.7. The fraction of sp³-hybridized carbons (Fsp3) is 0.375. The van der Waals surface area contributed by atoms with Gasteiger partial charge in [-0.25, -0.2) is 0 Å². The van der Waals surface area contributed by atoms with Crippen molar-refractivity contribution in [1.29, 1.82) is 0 Å². The third-order valence-electron chi connectivity index (χ3n) is 6.05. The molecule has 1 N–H and O–H groups in total. The number of ketones is 1. The SMILES string of the molecule is COc1cc(OC)c2c(c1)OC1(CCN(C(=O)CNC(=O)c3ccccc3)CC1)CC2=O. The number of Topliss-reactive ketones (excluding diaryl/α,β-unsaturated/α-hetero) is 1. The van der Waals surface area contributed by atoms with Crippen LogP contribution < -0.4 is 19.5 Å². The Labute approximate surface area is 186 Å². The predicted octanol–water partition coefficient (Wildman–Crippen LogP) is 2.46. The quantitative estimate of drug-likeness (QED) is 0.771. The minimum atomic E-state index is -0.661. The standard InChI is InChI=1S/C24H26N2O6/c1-30-17-12-19(31-2)22-18(27)14-24(32-20(22)13-17)8-10-26(11-9-24)21(28)15-25-23(29)16-6-4-3-5-7-16/h3-7,12-13H,8-11,14-15H2,1-2H3,(H,25,29). The molecule has 1 fully saturated rings. The van der Waals surface area contributed by atoms with Crippen LogP contribution in [0.2, 0.25) is 0 Å². The summed E-state index contributed by atoms with van der Waals surface area (Å²) in [6.07, 6.45) is 1.28. The van der Waals surface area contributed by atoms with Gasteiger partial charge < -0.3 is 24.4 Å². The minimum Gasteiger partial charge on any atom is -0.496 e. The molecule has 8 heteroatoms. The Balaban J connectivity index is 1.38. The highest BCUT2D eigenvalue weighted by atomic mass is 16.5. The van der Waals surface area contributed by atoms with Gasteiger partial charge in [0.1, 0.15) is 28.4 Å². The zero-order valence-electron chi connectivity index (χ0n) is 18.2. The number of carbonyl (C=O) groups is 3. The van der Waals surface area contributed by atoms with Gasteiger partial charge in [-0.05, 0) is 12.1 Å².